The van der Waals surface area contributed by atoms with Gasteiger partial charge in [-0.05, 0) is 30.8 Å². The van der Waals surface area contributed by atoms with Crippen molar-refractivity contribution >= 4 is 11.5 Å². The van der Waals surface area contributed by atoms with Gasteiger partial charge in [0.15, 0.2) is 0 Å². The second kappa shape index (κ2) is 7.67. The third-order valence-electron chi connectivity index (χ3n) is 2.43. The fourth-order valence-corrected chi connectivity index (χ4v) is 2.40. The second-order valence-corrected chi connectivity index (χ2v) is 4.47. The Hall–Kier alpha value is -0.560. The summed E-state index contributed by atoms with van der Waals surface area (Å²) in [4.78, 5) is 1.17. The normalized spacial score (nSPS) is 12.9. The first-order valence-corrected chi connectivity index (χ1v) is 6.37. The fraction of sp³-hybridized carbons (Fsp3) is 0.800. The molecule has 0 spiro atoms. The number of aromatic nitrogens is 2. The summed E-state index contributed by atoms with van der Waals surface area (Å²) >= 11 is 1.44. The van der Waals surface area contributed by atoms with Crippen LogP contribution in [0.4, 0.5) is 0 Å². The molecule has 0 amide bonds. The number of nitrogens with two attached hydrogens (primary N) is 1. The van der Waals surface area contributed by atoms with Crippen LogP contribution in [0.3, 0.4) is 0 Å². The Morgan fingerprint density at radius 1 is 1.56 bits per heavy atom. The smallest absolute Gasteiger partial charge is 0.0804 e. The zero-order chi connectivity index (χ0) is 11.8. The highest BCUT2D eigenvalue weighted by molar-refractivity contribution is 7.05. The molecule has 1 aromatic rings. The van der Waals surface area contributed by atoms with Gasteiger partial charge in [0.05, 0.1) is 16.6 Å². The molecule has 1 heterocycles. The molecule has 0 aliphatic heterocycles. The van der Waals surface area contributed by atoms with E-state index in [-0.39, 0.29) is 6.04 Å². The van der Waals surface area contributed by atoms with E-state index in [1.165, 1.54) is 16.4 Å². The number of hydrazine groups is 1. The molecule has 0 aromatic carbocycles. The van der Waals surface area contributed by atoms with Crippen molar-refractivity contribution in [3.8, 4) is 0 Å². The molecular formula is C10H20N4OS. The van der Waals surface area contributed by atoms with Gasteiger partial charge >= 0.3 is 0 Å². The second-order valence-electron chi connectivity index (χ2n) is 3.69. The summed E-state index contributed by atoms with van der Waals surface area (Å²) in [6.45, 7) is 2.90. The van der Waals surface area contributed by atoms with E-state index >= 15 is 0 Å². The minimum atomic E-state index is 0.150. The third-order valence-corrected chi connectivity index (χ3v) is 3.31. The minimum Gasteiger partial charge on any atom is -0.385 e. The van der Waals surface area contributed by atoms with Gasteiger partial charge < -0.3 is 4.74 Å². The van der Waals surface area contributed by atoms with Crippen LogP contribution in [0.1, 0.15) is 42.8 Å². The van der Waals surface area contributed by atoms with Gasteiger partial charge in [0, 0.05) is 13.7 Å². The molecule has 0 aliphatic rings. The summed E-state index contributed by atoms with van der Waals surface area (Å²) < 4.78 is 9.04. The van der Waals surface area contributed by atoms with E-state index in [0.29, 0.717) is 0 Å². The molecule has 0 aliphatic carbocycles. The highest BCUT2D eigenvalue weighted by Gasteiger charge is 2.17. The Kier molecular flexibility index (Phi) is 6.47. The maximum Gasteiger partial charge on any atom is 0.0804 e. The average Bonchev–Trinajstić information content (AvgIpc) is 2.73. The highest BCUT2D eigenvalue weighted by Crippen LogP contribution is 2.24. The van der Waals surface area contributed by atoms with E-state index in [4.69, 9.17) is 10.6 Å². The van der Waals surface area contributed by atoms with Gasteiger partial charge in [-0.3, -0.25) is 11.3 Å². The Morgan fingerprint density at radius 3 is 3.00 bits per heavy atom. The largest absolute Gasteiger partial charge is 0.385 e. The lowest BCUT2D eigenvalue weighted by atomic mass is 10.1. The van der Waals surface area contributed by atoms with Crippen LogP contribution in [-0.4, -0.2) is 23.3 Å². The molecule has 5 nitrogen and oxygen atoms in total. The molecule has 0 saturated carbocycles. The Bertz CT molecular complexity index is 292. The van der Waals surface area contributed by atoms with Crippen LogP contribution in [-0.2, 0) is 11.2 Å². The molecule has 6 heteroatoms. The van der Waals surface area contributed by atoms with Crippen LogP contribution in [0.5, 0.6) is 0 Å². The van der Waals surface area contributed by atoms with Gasteiger partial charge in [-0.2, -0.15) is 0 Å². The van der Waals surface area contributed by atoms with E-state index in [2.05, 4.69) is 21.9 Å². The first-order valence-electron chi connectivity index (χ1n) is 5.59. The molecule has 92 valence electrons. The van der Waals surface area contributed by atoms with Crippen LogP contribution in [0.15, 0.2) is 0 Å². The van der Waals surface area contributed by atoms with Crippen LogP contribution in [0, 0.1) is 0 Å². The lowest BCUT2D eigenvalue weighted by Gasteiger charge is -2.14. The SMILES string of the molecule is CCCc1nnsc1C(CCCOC)NN. The summed E-state index contributed by atoms with van der Waals surface area (Å²) in [5, 5.41) is 4.14. The molecule has 16 heavy (non-hydrogen) atoms. The summed E-state index contributed by atoms with van der Waals surface area (Å²) in [5.74, 6) is 5.57. The lowest BCUT2D eigenvalue weighted by molar-refractivity contribution is 0.189. The van der Waals surface area contributed by atoms with Crippen LogP contribution < -0.4 is 11.3 Å². The van der Waals surface area contributed by atoms with Gasteiger partial charge in [0.2, 0.25) is 0 Å². The monoisotopic (exact) mass is 244 g/mol. The first-order chi connectivity index (χ1) is 7.83. The van der Waals surface area contributed by atoms with Crippen LogP contribution in [0.25, 0.3) is 0 Å². The number of hydrogen-bond donors (Lipinski definition) is 2. The molecule has 1 aromatic heterocycles. The summed E-state index contributed by atoms with van der Waals surface area (Å²) in [5.41, 5.74) is 3.91. The molecular weight excluding hydrogens is 224 g/mol. The van der Waals surface area contributed by atoms with Crippen molar-refractivity contribution in [2.24, 2.45) is 5.84 Å². The quantitative estimate of drug-likeness (QED) is 0.411. The number of rotatable bonds is 8. The third kappa shape index (κ3) is 3.79. The molecule has 0 radical (unpaired) electrons. The summed E-state index contributed by atoms with van der Waals surface area (Å²) in [6, 6.07) is 0.150. The zero-order valence-corrected chi connectivity index (χ0v) is 10.7. The predicted molar refractivity (Wildman–Crippen MR) is 65.1 cm³/mol. The van der Waals surface area contributed by atoms with Crippen molar-refractivity contribution in [3.63, 3.8) is 0 Å². The Labute approximate surface area is 101 Å². The van der Waals surface area contributed by atoms with E-state index in [9.17, 15) is 0 Å². The van der Waals surface area contributed by atoms with Gasteiger partial charge in [-0.1, -0.05) is 17.8 Å². The number of nitrogens with one attached hydrogen (secondary N) is 1. The van der Waals surface area contributed by atoms with Crippen molar-refractivity contribution in [1.29, 1.82) is 0 Å². The van der Waals surface area contributed by atoms with E-state index in [0.717, 1.165) is 38.0 Å². The van der Waals surface area contributed by atoms with Crippen LogP contribution >= 0.6 is 11.5 Å². The maximum absolute atomic E-state index is 5.57. The minimum absolute atomic E-state index is 0.150. The Morgan fingerprint density at radius 2 is 2.38 bits per heavy atom. The van der Waals surface area contributed by atoms with Crippen molar-refractivity contribution < 1.29 is 4.74 Å². The van der Waals surface area contributed by atoms with Crippen LogP contribution in [0.2, 0.25) is 0 Å². The van der Waals surface area contributed by atoms with E-state index < -0.39 is 0 Å². The molecule has 0 bridgehead atoms. The van der Waals surface area contributed by atoms with Crippen molar-refractivity contribution in [2.45, 2.75) is 38.6 Å². The van der Waals surface area contributed by atoms with Crippen molar-refractivity contribution in [2.75, 3.05) is 13.7 Å². The number of ether oxygens (including phenoxy) is 1. The number of nitrogens with zero attached hydrogens (tertiary/aromatic N) is 2. The first kappa shape index (κ1) is 13.5. The zero-order valence-electron chi connectivity index (χ0n) is 9.90. The van der Waals surface area contributed by atoms with Gasteiger partial charge in [0.1, 0.15) is 0 Å². The summed E-state index contributed by atoms with van der Waals surface area (Å²) in [6.07, 6.45) is 3.97. The molecule has 0 saturated heterocycles. The van der Waals surface area contributed by atoms with Crippen molar-refractivity contribution in [1.82, 2.24) is 15.0 Å². The Balaban J connectivity index is 2.59. The lowest BCUT2D eigenvalue weighted by Crippen LogP contribution is -2.28. The van der Waals surface area contributed by atoms with Crippen molar-refractivity contribution in [3.05, 3.63) is 10.6 Å². The topological polar surface area (TPSA) is 73.1 Å². The molecule has 1 unspecified atom stereocenters. The number of aryl methyl sites for hydroxylation is 1. The highest BCUT2D eigenvalue weighted by atomic mass is 32.1. The molecule has 1 atom stereocenters. The fourth-order valence-electron chi connectivity index (χ4n) is 1.61. The molecule has 1 rings (SSSR count). The predicted octanol–water partition coefficient (Wildman–Crippen LogP) is 1.42. The van der Waals surface area contributed by atoms with Gasteiger partial charge in [0.25, 0.3) is 0 Å². The standard InChI is InChI=1S/C10H20N4OS/c1-3-5-9-10(16-14-13-9)8(12-11)6-4-7-15-2/h8,12H,3-7,11H2,1-2H3. The molecule has 3 N–H and O–H groups in total. The maximum atomic E-state index is 5.57. The number of hydrogen-bond acceptors (Lipinski definition) is 6. The average molecular weight is 244 g/mol. The van der Waals surface area contributed by atoms with E-state index in [1.807, 2.05) is 0 Å². The van der Waals surface area contributed by atoms with Gasteiger partial charge in [-0.15, -0.1) is 5.10 Å². The number of methoxy groups -OCH3 is 1. The van der Waals surface area contributed by atoms with Gasteiger partial charge in [-0.25, -0.2) is 0 Å². The summed E-state index contributed by atoms with van der Waals surface area (Å²) in [7, 11) is 1.71. The molecule has 0 fully saturated rings. The van der Waals surface area contributed by atoms with E-state index in [1.54, 1.807) is 7.11 Å².